The Morgan fingerprint density at radius 2 is 2.06 bits per heavy atom. The highest BCUT2D eigenvalue weighted by atomic mass is 32.1. The number of nitrogens with zero attached hydrogens (tertiary/aromatic N) is 1. The molecule has 1 N–H and O–H groups in total. The van der Waals surface area contributed by atoms with Crippen LogP contribution in [0.3, 0.4) is 0 Å². The summed E-state index contributed by atoms with van der Waals surface area (Å²) in [5.74, 6) is -0.778. The molecule has 4 heteroatoms. The van der Waals surface area contributed by atoms with Gasteiger partial charge in [-0.1, -0.05) is 0 Å². The smallest absolute Gasteiger partial charge is 0.317 e. The molecule has 17 heavy (non-hydrogen) atoms. The lowest BCUT2D eigenvalue weighted by Crippen LogP contribution is -2.45. The summed E-state index contributed by atoms with van der Waals surface area (Å²) in [5.41, 5.74) is -0.157. The maximum Gasteiger partial charge on any atom is 0.317 e. The SMILES string of the molecule is Cc1ccc(C(C)N(CC(=O)O)C(C)(C)C)s1. The van der Waals surface area contributed by atoms with Crippen molar-refractivity contribution >= 4 is 17.3 Å². The van der Waals surface area contributed by atoms with E-state index in [9.17, 15) is 4.79 Å². The summed E-state index contributed by atoms with van der Waals surface area (Å²) in [4.78, 5) is 15.5. The van der Waals surface area contributed by atoms with E-state index in [0.717, 1.165) is 0 Å². The Balaban J connectivity index is 2.94. The van der Waals surface area contributed by atoms with Crippen LogP contribution >= 0.6 is 11.3 Å². The molecule has 0 radical (unpaired) electrons. The Labute approximate surface area is 107 Å². The van der Waals surface area contributed by atoms with Crippen molar-refractivity contribution in [2.75, 3.05) is 6.54 Å². The highest BCUT2D eigenvalue weighted by molar-refractivity contribution is 7.12. The molecule has 0 saturated heterocycles. The number of rotatable bonds is 4. The zero-order valence-corrected chi connectivity index (χ0v) is 12.0. The average molecular weight is 255 g/mol. The van der Waals surface area contributed by atoms with Gasteiger partial charge in [0.2, 0.25) is 0 Å². The molecule has 0 amide bonds. The minimum absolute atomic E-state index is 0.0710. The van der Waals surface area contributed by atoms with Crippen molar-refractivity contribution in [3.63, 3.8) is 0 Å². The van der Waals surface area contributed by atoms with Gasteiger partial charge < -0.3 is 5.11 Å². The molecule has 0 aromatic carbocycles. The predicted molar refractivity (Wildman–Crippen MR) is 71.6 cm³/mol. The largest absolute Gasteiger partial charge is 0.480 e. The quantitative estimate of drug-likeness (QED) is 0.897. The van der Waals surface area contributed by atoms with E-state index in [1.165, 1.54) is 9.75 Å². The van der Waals surface area contributed by atoms with Crippen molar-refractivity contribution in [3.05, 3.63) is 21.9 Å². The molecule has 0 saturated carbocycles. The molecule has 1 aromatic heterocycles. The van der Waals surface area contributed by atoms with Crippen LogP contribution in [0.2, 0.25) is 0 Å². The molecule has 3 nitrogen and oxygen atoms in total. The maximum atomic E-state index is 11.0. The van der Waals surface area contributed by atoms with Crippen molar-refractivity contribution in [1.82, 2.24) is 4.90 Å². The van der Waals surface area contributed by atoms with Crippen LogP contribution in [0.5, 0.6) is 0 Å². The van der Waals surface area contributed by atoms with Crippen LogP contribution in [0.15, 0.2) is 12.1 Å². The topological polar surface area (TPSA) is 40.5 Å². The fraction of sp³-hybridized carbons (Fsp3) is 0.615. The molecule has 0 bridgehead atoms. The van der Waals surface area contributed by atoms with Crippen LogP contribution in [-0.4, -0.2) is 28.1 Å². The Hall–Kier alpha value is -0.870. The highest BCUT2D eigenvalue weighted by Crippen LogP contribution is 2.31. The zero-order valence-electron chi connectivity index (χ0n) is 11.2. The molecule has 0 aliphatic rings. The van der Waals surface area contributed by atoms with Crippen molar-refractivity contribution in [2.45, 2.75) is 46.2 Å². The first kappa shape index (κ1) is 14.2. The van der Waals surface area contributed by atoms with Gasteiger partial charge in [-0.3, -0.25) is 9.69 Å². The summed E-state index contributed by atoms with van der Waals surface area (Å²) in [6.45, 7) is 10.4. The van der Waals surface area contributed by atoms with E-state index >= 15 is 0 Å². The third-order valence-corrected chi connectivity index (χ3v) is 3.98. The molecular weight excluding hydrogens is 234 g/mol. The third kappa shape index (κ3) is 3.82. The first-order chi connectivity index (χ1) is 7.71. The van der Waals surface area contributed by atoms with Gasteiger partial charge in [0.25, 0.3) is 0 Å². The lowest BCUT2D eigenvalue weighted by Gasteiger charge is -2.38. The number of carboxylic acids is 1. The normalized spacial score (nSPS) is 14.0. The van der Waals surface area contributed by atoms with Crippen molar-refractivity contribution in [3.8, 4) is 0 Å². The van der Waals surface area contributed by atoms with Gasteiger partial charge in [0, 0.05) is 21.3 Å². The average Bonchev–Trinajstić information content (AvgIpc) is 2.58. The van der Waals surface area contributed by atoms with E-state index in [2.05, 4.69) is 26.0 Å². The van der Waals surface area contributed by atoms with E-state index in [-0.39, 0.29) is 18.1 Å². The number of hydrogen-bond acceptors (Lipinski definition) is 3. The molecule has 1 atom stereocenters. The standard InChI is InChI=1S/C13H21NO2S/c1-9-6-7-11(17-9)10(2)14(8-12(15)16)13(3,4)5/h6-7,10H,8H2,1-5H3,(H,15,16). The molecular formula is C13H21NO2S. The molecule has 0 aliphatic carbocycles. The molecule has 0 aliphatic heterocycles. The van der Waals surface area contributed by atoms with Gasteiger partial charge in [-0.2, -0.15) is 0 Å². The lowest BCUT2D eigenvalue weighted by molar-refractivity contribution is -0.140. The summed E-state index contributed by atoms with van der Waals surface area (Å²) in [6.07, 6.45) is 0. The Morgan fingerprint density at radius 1 is 1.47 bits per heavy atom. The zero-order chi connectivity index (χ0) is 13.2. The van der Waals surface area contributed by atoms with Crippen molar-refractivity contribution in [1.29, 1.82) is 0 Å². The molecule has 96 valence electrons. The van der Waals surface area contributed by atoms with E-state index < -0.39 is 5.97 Å². The van der Waals surface area contributed by atoms with Crippen LogP contribution in [0.4, 0.5) is 0 Å². The highest BCUT2D eigenvalue weighted by Gasteiger charge is 2.29. The molecule has 1 aromatic rings. The fourth-order valence-electron chi connectivity index (χ4n) is 1.93. The van der Waals surface area contributed by atoms with Gasteiger partial charge in [0.1, 0.15) is 0 Å². The molecule has 1 unspecified atom stereocenters. The molecule has 0 spiro atoms. The number of carbonyl (C=O) groups is 1. The van der Waals surface area contributed by atoms with Gasteiger partial charge in [-0.05, 0) is 46.8 Å². The van der Waals surface area contributed by atoms with E-state index in [1.807, 2.05) is 25.7 Å². The lowest BCUT2D eigenvalue weighted by atomic mass is 10.0. The van der Waals surface area contributed by atoms with Gasteiger partial charge in [-0.15, -0.1) is 11.3 Å². The second-order valence-electron chi connectivity index (χ2n) is 5.32. The number of carboxylic acid groups (broad SMARTS) is 1. The second kappa shape index (κ2) is 5.19. The van der Waals surface area contributed by atoms with Gasteiger partial charge in [0.15, 0.2) is 0 Å². The van der Waals surface area contributed by atoms with Crippen LogP contribution in [0, 0.1) is 6.92 Å². The Bertz CT molecular complexity index is 392. The second-order valence-corrected chi connectivity index (χ2v) is 6.64. The molecule has 1 heterocycles. The van der Waals surface area contributed by atoms with Crippen LogP contribution < -0.4 is 0 Å². The number of aliphatic carboxylic acids is 1. The monoisotopic (exact) mass is 255 g/mol. The molecule has 1 rings (SSSR count). The maximum absolute atomic E-state index is 11.0. The van der Waals surface area contributed by atoms with Crippen molar-refractivity contribution in [2.24, 2.45) is 0 Å². The minimum Gasteiger partial charge on any atom is -0.480 e. The molecule has 0 fully saturated rings. The number of aryl methyl sites for hydroxylation is 1. The van der Waals surface area contributed by atoms with E-state index in [0.29, 0.717) is 0 Å². The summed E-state index contributed by atoms with van der Waals surface area (Å²) < 4.78 is 0. The first-order valence-corrected chi connectivity index (χ1v) is 6.58. The summed E-state index contributed by atoms with van der Waals surface area (Å²) in [6, 6.07) is 4.30. The van der Waals surface area contributed by atoms with E-state index in [1.54, 1.807) is 11.3 Å². The van der Waals surface area contributed by atoms with Gasteiger partial charge >= 0.3 is 5.97 Å². The predicted octanol–water partition coefficient (Wildman–Crippen LogP) is 3.30. The van der Waals surface area contributed by atoms with Gasteiger partial charge in [-0.25, -0.2) is 0 Å². The Morgan fingerprint density at radius 3 is 2.41 bits per heavy atom. The minimum atomic E-state index is -0.778. The summed E-state index contributed by atoms with van der Waals surface area (Å²) in [5, 5.41) is 9.01. The fourth-order valence-corrected chi connectivity index (χ4v) is 2.87. The first-order valence-electron chi connectivity index (χ1n) is 5.76. The van der Waals surface area contributed by atoms with Crippen molar-refractivity contribution < 1.29 is 9.90 Å². The summed E-state index contributed by atoms with van der Waals surface area (Å²) >= 11 is 1.73. The summed E-state index contributed by atoms with van der Waals surface area (Å²) in [7, 11) is 0. The van der Waals surface area contributed by atoms with Crippen LogP contribution in [-0.2, 0) is 4.79 Å². The number of thiophene rings is 1. The Kier molecular flexibility index (Phi) is 4.33. The van der Waals surface area contributed by atoms with Crippen LogP contribution in [0.1, 0.15) is 43.5 Å². The van der Waals surface area contributed by atoms with E-state index in [4.69, 9.17) is 5.11 Å². The number of hydrogen-bond donors (Lipinski definition) is 1. The third-order valence-electron chi connectivity index (χ3n) is 2.81. The van der Waals surface area contributed by atoms with Gasteiger partial charge in [0.05, 0.1) is 6.54 Å². The van der Waals surface area contributed by atoms with Crippen LogP contribution in [0.25, 0.3) is 0 Å².